The molecule has 1 aromatic carbocycles. The zero-order valence-electron chi connectivity index (χ0n) is 19.2. The summed E-state index contributed by atoms with van der Waals surface area (Å²) in [5.41, 5.74) is 8.14. The maximum absolute atomic E-state index is 13.4. The lowest BCUT2D eigenvalue weighted by atomic mass is 10.2. The fourth-order valence-electron chi connectivity index (χ4n) is 4.01. The summed E-state index contributed by atoms with van der Waals surface area (Å²) in [5, 5.41) is -0.207. The molecule has 178 valence electrons. The molecule has 2 aromatic heterocycles. The lowest BCUT2D eigenvalue weighted by Crippen LogP contribution is -2.37. The second-order valence-corrected chi connectivity index (χ2v) is 9.67. The van der Waals surface area contributed by atoms with E-state index in [4.69, 9.17) is 20.2 Å². The van der Waals surface area contributed by atoms with Crippen LogP contribution in [0.25, 0.3) is 11.2 Å². The molecule has 0 unspecified atom stereocenters. The van der Waals surface area contributed by atoms with Gasteiger partial charge in [0.2, 0.25) is 9.84 Å². The second-order valence-electron chi connectivity index (χ2n) is 7.79. The standard InChI is InChI=1S/C22H30N6O4S/c1-4-18-24-19-20(27-9-11-31-12-10-27)25-22(26-21(19)28(18)5-2)33(29,30)14-15-7-8-17(32-6-3)16(23)13-15/h7-8,13H,4-6,9-12,14,23H2,1-3H3. The monoisotopic (exact) mass is 474 g/mol. The molecule has 3 aromatic rings. The van der Waals surface area contributed by atoms with Gasteiger partial charge in [0.05, 0.1) is 31.3 Å². The predicted molar refractivity (Wildman–Crippen MR) is 126 cm³/mol. The molecule has 3 heterocycles. The highest BCUT2D eigenvalue weighted by atomic mass is 32.2. The molecule has 0 saturated carbocycles. The Morgan fingerprint density at radius 3 is 2.52 bits per heavy atom. The number of benzene rings is 1. The summed E-state index contributed by atoms with van der Waals surface area (Å²) in [5.74, 6) is 1.66. The number of nitrogens with two attached hydrogens (primary N) is 1. The number of hydrogen-bond donors (Lipinski definition) is 1. The number of nitrogen functional groups attached to an aromatic ring is 1. The summed E-state index contributed by atoms with van der Waals surface area (Å²) in [6.07, 6.45) is 0.709. The first kappa shape index (κ1) is 23.2. The normalized spacial score (nSPS) is 14.7. The number of nitrogens with zero attached hydrogens (tertiary/aromatic N) is 5. The molecule has 0 amide bonds. The third-order valence-electron chi connectivity index (χ3n) is 5.59. The van der Waals surface area contributed by atoms with Gasteiger partial charge in [0.1, 0.15) is 11.6 Å². The molecule has 0 bridgehead atoms. The summed E-state index contributed by atoms with van der Waals surface area (Å²) >= 11 is 0. The summed E-state index contributed by atoms with van der Waals surface area (Å²) in [6.45, 7) is 9.31. The lowest BCUT2D eigenvalue weighted by molar-refractivity contribution is 0.122. The van der Waals surface area contributed by atoms with Crippen molar-refractivity contribution >= 4 is 32.5 Å². The van der Waals surface area contributed by atoms with Crippen LogP contribution in [-0.2, 0) is 33.3 Å². The fraction of sp³-hybridized carbons (Fsp3) is 0.500. The van der Waals surface area contributed by atoms with Crippen LogP contribution in [0, 0.1) is 0 Å². The number of sulfone groups is 1. The molecule has 4 rings (SSSR count). The highest BCUT2D eigenvalue weighted by Crippen LogP contribution is 2.29. The van der Waals surface area contributed by atoms with Crippen LogP contribution in [0.1, 0.15) is 32.2 Å². The highest BCUT2D eigenvalue weighted by Gasteiger charge is 2.27. The van der Waals surface area contributed by atoms with Gasteiger partial charge >= 0.3 is 0 Å². The van der Waals surface area contributed by atoms with Crippen molar-refractivity contribution in [2.45, 2.75) is 44.6 Å². The highest BCUT2D eigenvalue weighted by molar-refractivity contribution is 7.90. The SMILES string of the molecule is CCOc1ccc(CS(=O)(=O)c2nc(N3CCOCC3)c3nc(CC)n(CC)c3n2)cc1N. The molecule has 11 heteroatoms. The first-order valence-electron chi connectivity index (χ1n) is 11.2. The zero-order chi connectivity index (χ0) is 23.6. The molecule has 33 heavy (non-hydrogen) atoms. The topological polar surface area (TPSA) is 125 Å². The molecule has 0 aliphatic carbocycles. The molecule has 2 N–H and O–H groups in total. The minimum atomic E-state index is -3.85. The van der Waals surface area contributed by atoms with Gasteiger partial charge in [-0.15, -0.1) is 0 Å². The largest absolute Gasteiger partial charge is 0.492 e. The number of hydrogen-bond acceptors (Lipinski definition) is 9. The maximum atomic E-state index is 13.4. The van der Waals surface area contributed by atoms with Gasteiger partial charge < -0.3 is 24.7 Å². The molecule has 1 aliphatic heterocycles. The average molecular weight is 475 g/mol. The maximum Gasteiger partial charge on any atom is 0.251 e. The van der Waals surface area contributed by atoms with E-state index in [9.17, 15) is 8.42 Å². The Labute approximate surface area is 193 Å². The van der Waals surface area contributed by atoms with E-state index in [2.05, 4.69) is 9.97 Å². The van der Waals surface area contributed by atoms with Gasteiger partial charge in [-0.25, -0.2) is 13.4 Å². The molecule has 1 fully saturated rings. The summed E-state index contributed by atoms with van der Waals surface area (Å²) < 4.78 is 39.7. The quantitative estimate of drug-likeness (QED) is 0.386. The molecule has 1 saturated heterocycles. The summed E-state index contributed by atoms with van der Waals surface area (Å²) in [7, 11) is -3.85. The first-order chi connectivity index (χ1) is 15.9. The van der Waals surface area contributed by atoms with Crippen molar-refractivity contribution < 1.29 is 17.9 Å². The van der Waals surface area contributed by atoms with Gasteiger partial charge in [0.25, 0.3) is 5.16 Å². The third kappa shape index (κ3) is 4.60. The Morgan fingerprint density at radius 1 is 1.12 bits per heavy atom. The number of morpholine rings is 1. The molecule has 0 atom stereocenters. The van der Waals surface area contributed by atoms with Gasteiger partial charge in [-0.1, -0.05) is 13.0 Å². The van der Waals surface area contributed by atoms with Crippen molar-refractivity contribution in [3.05, 3.63) is 29.6 Å². The predicted octanol–water partition coefficient (Wildman–Crippen LogP) is 2.20. The second kappa shape index (κ2) is 9.52. The van der Waals surface area contributed by atoms with Crippen LogP contribution in [0.2, 0.25) is 0 Å². The Hall–Kier alpha value is -2.92. The van der Waals surface area contributed by atoms with Gasteiger partial charge in [-0.05, 0) is 31.5 Å². The van der Waals surface area contributed by atoms with Crippen LogP contribution in [0.5, 0.6) is 5.75 Å². The lowest BCUT2D eigenvalue weighted by Gasteiger charge is -2.28. The van der Waals surface area contributed by atoms with E-state index in [0.29, 0.717) is 79.9 Å². The summed E-state index contributed by atoms with van der Waals surface area (Å²) in [6, 6.07) is 5.01. The smallest absolute Gasteiger partial charge is 0.251 e. The van der Waals surface area contributed by atoms with Crippen LogP contribution in [0.15, 0.2) is 23.4 Å². The Balaban J connectivity index is 1.79. The van der Waals surface area contributed by atoms with Gasteiger partial charge in [0, 0.05) is 26.1 Å². The van der Waals surface area contributed by atoms with Crippen molar-refractivity contribution in [2.75, 3.05) is 43.5 Å². The van der Waals surface area contributed by atoms with Crippen molar-refractivity contribution in [2.24, 2.45) is 0 Å². The van der Waals surface area contributed by atoms with E-state index < -0.39 is 9.84 Å². The zero-order valence-corrected chi connectivity index (χ0v) is 20.1. The Kier molecular flexibility index (Phi) is 6.71. The Morgan fingerprint density at radius 2 is 1.88 bits per heavy atom. The third-order valence-corrected chi connectivity index (χ3v) is 7.04. The van der Waals surface area contributed by atoms with Crippen LogP contribution in [0.3, 0.4) is 0 Å². The van der Waals surface area contributed by atoms with E-state index in [-0.39, 0.29) is 10.9 Å². The van der Waals surface area contributed by atoms with E-state index >= 15 is 0 Å². The number of aryl methyl sites for hydroxylation is 2. The van der Waals surface area contributed by atoms with Gasteiger partial charge in [-0.2, -0.15) is 9.97 Å². The molecule has 0 radical (unpaired) electrons. The van der Waals surface area contributed by atoms with E-state index in [1.54, 1.807) is 18.2 Å². The number of fused-ring (bicyclic) bond motifs is 1. The molecule has 0 spiro atoms. The van der Waals surface area contributed by atoms with Gasteiger partial charge in [0.15, 0.2) is 17.0 Å². The van der Waals surface area contributed by atoms with Crippen molar-refractivity contribution in [3.8, 4) is 5.75 Å². The van der Waals surface area contributed by atoms with E-state index in [0.717, 1.165) is 5.82 Å². The minimum absolute atomic E-state index is 0.207. The van der Waals surface area contributed by atoms with E-state index in [1.807, 2.05) is 30.2 Å². The number of imidazole rings is 1. The fourth-order valence-corrected chi connectivity index (χ4v) is 5.21. The Bertz CT molecular complexity index is 1250. The molecule has 10 nitrogen and oxygen atoms in total. The molecular weight excluding hydrogens is 444 g/mol. The number of aromatic nitrogens is 4. The van der Waals surface area contributed by atoms with E-state index in [1.165, 1.54) is 0 Å². The van der Waals surface area contributed by atoms with Crippen molar-refractivity contribution in [3.63, 3.8) is 0 Å². The first-order valence-corrected chi connectivity index (χ1v) is 12.9. The number of anilines is 2. The molecular formula is C22H30N6O4S. The van der Waals surface area contributed by atoms with Crippen molar-refractivity contribution in [1.82, 2.24) is 19.5 Å². The minimum Gasteiger partial charge on any atom is -0.492 e. The number of ether oxygens (including phenoxy) is 2. The number of rotatable bonds is 8. The average Bonchev–Trinajstić information content (AvgIpc) is 3.18. The van der Waals surface area contributed by atoms with Crippen LogP contribution < -0.4 is 15.4 Å². The van der Waals surface area contributed by atoms with Crippen LogP contribution in [0.4, 0.5) is 11.5 Å². The van der Waals surface area contributed by atoms with Crippen LogP contribution in [-0.4, -0.2) is 60.8 Å². The summed E-state index contributed by atoms with van der Waals surface area (Å²) in [4.78, 5) is 15.8. The van der Waals surface area contributed by atoms with Crippen LogP contribution >= 0.6 is 0 Å². The molecule has 1 aliphatic rings. The van der Waals surface area contributed by atoms with Gasteiger partial charge in [-0.3, -0.25) is 0 Å². The van der Waals surface area contributed by atoms with Crippen molar-refractivity contribution in [1.29, 1.82) is 0 Å².